The molecular weight excluding hydrogens is 441 g/mol. The van der Waals surface area contributed by atoms with Gasteiger partial charge in [0.1, 0.15) is 0 Å². The smallest absolute Gasteiger partial charge is 0.231 e. The van der Waals surface area contributed by atoms with E-state index in [2.05, 4.69) is 52.9 Å². The summed E-state index contributed by atoms with van der Waals surface area (Å²) in [5.74, 6) is 2.87. The van der Waals surface area contributed by atoms with Crippen LogP contribution in [0, 0.1) is 0 Å². The standard InChI is InChI=1S/C20H25N3O2.HI/c1-3-16(17-7-5-4-6-8-17)13-23-20(21-2)22-12-15-9-10-18-19(11-15)25-14-24-18;/h4-11,16H,3,12-14H2,1-2H3,(H2,21,22,23);1H. The van der Waals surface area contributed by atoms with Crippen LogP contribution in [-0.4, -0.2) is 26.3 Å². The highest BCUT2D eigenvalue weighted by Gasteiger charge is 2.13. The number of aliphatic imine (C=N–C) groups is 1. The predicted molar refractivity (Wildman–Crippen MR) is 116 cm³/mol. The third-order valence-corrected chi connectivity index (χ3v) is 4.40. The van der Waals surface area contributed by atoms with Crippen LogP contribution < -0.4 is 20.1 Å². The molecule has 140 valence electrons. The summed E-state index contributed by atoms with van der Waals surface area (Å²) < 4.78 is 10.8. The molecule has 0 aromatic heterocycles. The summed E-state index contributed by atoms with van der Waals surface area (Å²) in [4.78, 5) is 4.31. The zero-order chi connectivity index (χ0) is 17.5. The molecule has 0 amide bonds. The molecule has 2 aromatic rings. The molecular formula is C20H26IN3O2. The normalized spacial score (nSPS) is 13.7. The van der Waals surface area contributed by atoms with E-state index >= 15 is 0 Å². The molecule has 6 heteroatoms. The van der Waals surface area contributed by atoms with Crippen LogP contribution in [0.25, 0.3) is 0 Å². The van der Waals surface area contributed by atoms with Gasteiger partial charge in [-0.2, -0.15) is 0 Å². The Morgan fingerprint density at radius 3 is 2.58 bits per heavy atom. The lowest BCUT2D eigenvalue weighted by atomic mass is 9.97. The second kappa shape index (κ2) is 10.3. The van der Waals surface area contributed by atoms with Gasteiger partial charge in [0.25, 0.3) is 0 Å². The van der Waals surface area contributed by atoms with Crippen LogP contribution in [0.15, 0.2) is 53.5 Å². The van der Waals surface area contributed by atoms with Crippen LogP contribution in [0.2, 0.25) is 0 Å². The van der Waals surface area contributed by atoms with Crippen molar-refractivity contribution in [3.05, 3.63) is 59.7 Å². The molecule has 1 aliphatic rings. The van der Waals surface area contributed by atoms with Crippen molar-refractivity contribution in [1.29, 1.82) is 0 Å². The van der Waals surface area contributed by atoms with E-state index in [1.807, 2.05) is 18.2 Å². The molecule has 2 aromatic carbocycles. The topological polar surface area (TPSA) is 54.9 Å². The lowest BCUT2D eigenvalue weighted by Crippen LogP contribution is -2.38. The number of benzene rings is 2. The van der Waals surface area contributed by atoms with Crippen LogP contribution in [0.3, 0.4) is 0 Å². The minimum absolute atomic E-state index is 0. The maximum absolute atomic E-state index is 5.42. The van der Waals surface area contributed by atoms with Crippen molar-refractivity contribution in [1.82, 2.24) is 10.6 Å². The first-order valence-corrected chi connectivity index (χ1v) is 8.68. The van der Waals surface area contributed by atoms with Gasteiger partial charge in [0.05, 0.1) is 0 Å². The molecule has 0 spiro atoms. The number of nitrogens with one attached hydrogen (secondary N) is 2. The van der Waals surface area contributed by atoms with E-state index in [0.29, 0.717) is 19.3 Å². The van der Waals surface area contributed by atoms with Crippen molar-refractivity contribution >= 4 is 29.9 Å². The lowest BCUT2D eigenvalue weighted by Gasteiger charge is -2.18. The maximum atomic E-state index is 5.42. The number of hydrogen-bond donors (Lipinski definition) is 2. The SMILES string of the molecule is CCC(CNC(=NC)NCc1ccc2c(c1)OCO2)c1ccccc1.I. The van der Waals surface area contributed by atoms with Crippen molar-refractivity contribution in [2.45, 2.75) is 25.8 Å². The van der Waals surface area contributed by atoms with Gasteiger partial charge in [-0.15, -0.1) is 24.0 Å². The van der Waals surface area contributed by atoms with Crippen LogP contribution in [0.1, 0.15) is 30.4 Å². The van der Waals surface area contributed by atoms with Crippen LogP contribution in [-0.2, 0) is 6.54 Å². The van der Waals surface area contributed by atoms with Crippen LogP contribution >= 0.6 is 24.0 Å². The molecule has 3 rings (SSSR count). The second-order valence-corrected chi connectivity index (χ2v) is 6.01. The largest absolute Gasteiger partial charge is 0.454 e. The highest BCUT2D eigenvalue weighted by atomic mass is 127. The fourth-order valence-electron chi connectivity index (χ4n) is 2.90. The third-order valence-electron chi connectivity index (χ3n) is 4.40. The van der Waals surface area contributed by atoms with E-state index in [4.69, 9.17) is 9.47 Å². The van der Waals surface area contributed by atoms with Crippen molar-refractivity contribution in [3.8, 4) is 11.5 Å². The first-order chi connectivity index (χ1) is 12.3. The van der Waals surface area contributed by atoms with Gasteiger partial charge >= 0.3 is 0 Å². The minimum atomic E-state index is 0. The molecule has 5 nitrogen and oxygen atoms in total. The van der Waals surface area contributed by atoms with E-state index < -0.39 is 0 Å². The first kappa shape index (κ1) is 20.4. The van der Waals surface area contributed by atoms with Crippen molar-refractivity contribution in [2.75, 3.05) is 20.4 Å². The van der Waals surface area contributed by atoms with Crippen molar-refractivity contribution < 1.29 is 9.47 Å². The Labute approximate surface area is 172 Å². The molecule has 0 fully saturated rings. The molecule has 26 heavy (non-hydrogen) atoms. The summed E-state index contributed by atoms with van der Waals surface area (Å²) in [6.45, 7) is 4.04. The molecule has 1 aliphatic heterocycles. The lowest BCUT2D eigenvalue weighted by molar-refractivity contribution is 0.174. The van der Waals surface area contributed by atoms with Gasteiger partial charge in [-0.25, -0.2) is 0 Å². The van der Waals surface area contributed by atoms with Crippen LogP contribution in [0.4, 0.5) is 0 Å². The summed E-state index contributed by atoms with van der Waals surface area (Å²) in [7, 11) is 1.79. The summed E-state index contributed by atoms with van der Waals surface area (Å²) in [5, 5.41) is 6.77. The van der Waals surface area contributed by atoms with Gasteiger partial charge in [-0.3, -0.25) is 4.99 Å². The monoisotopic (exact) mass is 467 g/mol. The summed E-state index contributed by atoms with van der Waals surface area (Å²) in [6, 6.07) is 16.6. The highest BCUT2D eigenvalue weighted by molar-refractivity contribution is 14.0. The van der Waals surface area contributed by atoms with Gasteiger partial charge in [0.15, 0.2) is 17.5 Å². The van der Waals surface area contributed by atoms with Gasteiger partial charge in [0, 0.05) is 26.1 Å². The average molecular weight is 467 g/mol. The van der Waals surface area contributed by atoms with Crippen molar-refractivity contribution in [3.63, 3.8) is 0 Å². The van der Waals surface area contributed by atoms with Gasteiger partial charge in [-0.1, -0.05) is 43.3 Å². The number of nitrogens with zero attached hydrogens (tertiary/aromatic N) is 1. The zero-order valence-electron chi connectivity index (χ0n) is 15.2. The van der Waals surface area contributed by atoms with E-state index in [-0.39, 0.29) is 24.0 Å². The number of rotatable bonds is 6. The number of ether oxygens (including phenoxy) is 2. The highest BCUT2D eigenvalue weighted by Crippen LogP contribution is 2.32. The quantitative estimate of drug-likeness (QED) is 0.385. The summed E-state index contributed by atoms with van der Waals surface area (Å²) >= 11 is 0. The van der Waals surface area contributed by atoms with Gasteiger partial charge in [-0.05, 0) is 29.7 Å². The summed E-state index contributed by atoms with van der Waals surface area (Å²) in [6.07, 6.45) is 1.08. The molecule has 0 saturated carbocycles. The minimum Gasteiger partial charge on any atom is -0.454 e. The van der Waals surface area contributed by atoms with E-state index in [0.717, 1.165) is 36.0 Å². The fourth-order valence-corrected chi connectivity index (χ4v) is 2.90. The molecule has 0 aliphatic carbocycles. The Bertz CT molecular complexity index is 722. The zero-order valence-corrected chi connectivity index (χ0v) is 17.5. The molecule has 1 heterocycles. The number of halogens is 1. The molecule has 2 N–H and O–H groups in total. The average Bonchev–Trinajstić information content (AvgIpc) is 3.13. The maximum Gasteiger partial charge on any atom is 0.231 e. The fraction of sp³-hybridized carbons (Fsp3) is 0.350. The Morgan fingerprint density at radius 2 is 1.85 bits per heavy atom. The Kier molecular flexibility index (Phi) is 8.03. The molecule has 0 bridgehead atoms. The predicted octanol–water partition coefficient (Wildman–Crippen LogP) is 3.89. The summed E-state index contributed by atoms with van der Waals surface area (Å²) in [5.41, 5.74) is 2.48. The molecule has 1 unspecified atom stereocenters. The Hall–Kier alpha value is -1.96. The number of hydrogen-bond acceptors (Lipinski definition) is 3. The molecule has 1 atom stereocenters. The van der Waals surface area contributed by atoms with E-state index in [1.54, 1.807) is 7.05 Å². The van der Waals surface area contributed by atoms with Crippen LogP contribution in [0.5, 0.6) is 11.5 Å². The van der Waals surface area contributed by atoms with Gasteiger partial charge < -0.3 is 20.1 Å². The second-order valence-electron chi connectivity index (χ2n) is 6.01. The Balaban J connectivity index is 0.00000243. The Morgan fingerprint density at radius 1 is 1.08 bits per heavy atom. The number of guanidine groups is 1. The number of fused-ring (bicyclic) bond motifs is 1. The van der Waals surface area contributed by atoms with Gasteiger partial charge in [0.2, 0.25) is 6.79 Å². The third kappa shape index (κ3) is 5.27. The van der Waals surface area contributed by atoms with E-state index in [1.165, 1.54) is 5.56 Å². The van der Waals surface area contributed by atoms with Crippen molar-refractivity contribution in [2.24, 2.45) is 4.99 Å². The first-order valence-electron chi connectivity index (χ1n) is 8.68. The molecule has 0 radical (unpaired) electrons. The van der Waals surface area contributed by atoms with E-state index in [9.17, 15) is 0 Å². The molecule has 0 saturated heterocycles.